The number of carbonyl (C=O) groups is 1. The minimum Gasteiger partial charge on any atom is -0.343 e. The van der Waals surface area contributed by atoms with Crippen LogP contribution in [-0.2, 0) is 23.4 Å². The van der Waals surface area contributed by atoms with Gasteiger partial charge in [-0.3, -0.25) is 13.9 Å². The average Bonchev–Trinajstić information content (AvgIpc) is 3.30. The van der Waals surface area contributed by atoms with E-state index in [0.717, 1.165) is 49.6 Å². The molecule has 3 aromatic rings. The summed E-state index contributed by atoms with van der Waals surface area (Å²) < 4.78 is 8.68. The van der Waals surface area contributed by atoms with Gasteiger partial charge in [0, 0.05) is 26.4 Å². The fourth-order valence-corrected chi connectivity index (χ4v) is 4.52. The van der Waals surface area contributed by atoms with Crippen molar-refractivity contribution in [1.82, 2.24) is 24.6 Å². The zero-order valence-electron chi connectivity index (χ0n) is 17.7. The molecule has 2 heterocycles. The number of fused-ring (bicyclic) bond motifs is 1. The third-order valence-corrected chi connectivity index (χ3v) is 5.98. The molecule has 1 saturated carbocycles. The molecule has 4 rings (SSSR count). The second-order valence-corrected chi connectivity index (χ2v) is 8.15. The van der Waals surface area contributed by atoms with Crippen molar-refractivity contribution >= 4 is 16.9 Å². The molecule has 1 aliphatic carbocycles. The summed E-state index contributed by atoms with van der Waals surface area (Å²) in [5, 5.41) is 7.29. The first kappa shape index (κ1) is 20.4. The highest BCUT2D eigenvalue weighted by Gasteiger charge is 2.39. The number of hydrogen-bond donors (Lipinski definition) is 1. The summed E-state index contributed by atoms with van der Waals surface area (Å²) in [5.41, 5.74) is 1.14. The molecule has 1 amide bonds. The standard InChI is InChI=1S/C22H29N5O3/c1-3-14-26-17-9-5-6-10-18(17)27(21(26)29)15-11-19(28)24-22(12-7-4-8-13-22)20-23-16(2)30-25-20/h5-6,9-10H,3-4,7-8,11-15H2,1-2H3,(H,24,28). The van der Waals surface area contributed by atoms with Crippen LogP contribution in [0.3, 0.4) is 0 Å². The number of imidazole rings is 1. The lowest BCUT2D eigenvalue weighted by molar-refractivity contribution is -0.124. The maximum absolute atomic E-state index is 12.9. The number of carbonyl (C=O) groups excluding carboxylic acids is 1. The Balaban J connectivity index is 1.53. The van der Waals surface area contributed by atoms with E-state index >= 15 is 0 Å². The van der Waals surface area contributed by atoms with Crippen molar-refractivity contribution in [3.63, 3.8) is 0 Å². The Morgan fingerprint density at radius 3 is 2.40 bits per heavy atom. The lowest BCUT2D eigenvalue weighted by atomic mass is 9.81. The lowest BCUT2D eigenvalue weighted by Gasteiger charge is -2.35. The number of nitrogens with zero attached hydrogens (tertiary/aromatic N) is 4. The normalized spacial score (nSPS) is 16.1. The van der Waals surface area contributed by atoms with Gasteiger partial charge < -0.3 is 9.84 Å². The van der Waals surface area contributed by atoms with Crippen LogP contribution in [0, 0.1) is 6.92 Å². The van der Waals surface area contributed by atoms with Crippen LogP contribution in [0.25, 0.3) is 11.0 Å². The molecule has 2 aromatic heterocycles. The molecule has 0 spiro atoms. The first-order valence-corrected chi connectivity index (χ1v) is 10.8. The van der Waals surface area contributed by atoms with E-state index in [-0.39, 0.29) is 18.0 Å². The molecule has 0 unspecified atom stereocenters. The number of hydrogen-bond acceptors (Lipinski definition) is 5. The second-order valence-electron chi connectivity index (χ2n) is 8.15. The summed E-state index contributed by atoms with van der Waals surface area (Å²) >= 11 is 0. The zero-order chi connectivity index (χ0) is 21.1. The number of amides is 1. The fourth-order valence-electron chi connectivity index (χ4n) is 4.52. The number of nitrogens with one attached hydrogen (secondary N) is 1. The van der Waals surface area contributed by atoms with Crippen LogP contribution in [0.5, 0.6) is 0 Å². The van der Waals surface area contributed by atoms with Gasteiger partial charge >= 0.3 is 5.69 Å². The van der Waals surface area contributed by atoms with Crippen LogP contribution in [-0.4, -0.2) is 25.2 Å². The first-order valence-electron chi connectivity index (χ1n) is 10.8. The van der Waals surface area contributed by atoms with Crippen LogP contribution >= 0.6 is 0 Å². The molecule has 0 saturated heterocycles. The maximum atomic E-state index is 12.9. The molecule has 1 fully saturated rings. The number of aromatic nitrogens is 4. The van der Waals surface area contributed by atoms with Crippen molar-refractivity contribution in [2.45, 2.75) is 77.4 Å². The summed E-state index contributed by atoms with van der Waals surface area (Å²) in [6, 6.07) is 7.75. The van der Waals surface area contributed by atoms with Crippen LogP contribution in [0.4, 0.5) is 0 Å². The Hall–Kier alpha value is -2.90. The summed E-state index contributed by atoms with van der Waals surface area (Å²) in [6.45, 7) is 4.81. The third-order valence-electron chi connectivity index (χ3n) is 5.98. The Labute approximate surface area is 175 Å². The van der Waals surface area contributed by atoms with Crippen molar-refractivity contribution < 1.29 is 9.32 Å². The molecular formula is C22H29N5O3. The predicted octanol–water partition coefficient (Wildman–Crippen LogP) is 3.27. The Kier molecular flexibility index (Phi) is 5.74. The number of rotatable bonds is 7. The van der Waals surface area contributed by atoms with E-state index in [2.05, 4.69) is 22.4 Å². The van der Waals surface area contributed by atoms with E-state index < -0.39 is 5.54 Å². The number of para-hydroxylation sites is 2. The predicted molar refractivity (Wildman–Crippen MR) is 113 cm³/mol. The monoisotopic (exact) mass is 411 g/mol. The molecule has 0 atom stereocenters. The lowest BCUT2D eigenvalue weighted by Crippen LogP contribution is -2.48. The minimum atomic E-state index is -0.575. The van der Waals surface area contributed by atoms with Crippen molar-refractivity contribution in [1.29, 1.82) is 0 Å². The maximum Gasteiger partial charge on any atom is 0.329 e. The Morgan fingerprint density at radius 2 is 1.80 bits per heavy atom. The van der Waals surface area contributed by atoms with Gasteiger partial charge in [-0.15, -0.1) is 0 Å². The van der Waals surface area contributed by atoms with Crippen molar-refractivity contribution in [2.24, 2.45) is 0 Å². The largest absolute Gasteiger partial charge is 0.343 e. The summed E-state index contributed by atoms with van der Waals surface area (Å²) in [5.74, 6) is 0.961. The quantitative estimate of drug-likeness (QED) is 0.644. The summed E-state index contributed by atoms with van der Waals surface area (Å²) in [4.78, 5) is 30.3. The molecule has 30 heavy (non-hydrogen) atoms. The van der Waals surface area contributed by atoms with E-state index in [1.165, 1.54) is 0 Å². The smallest absolute Gasteiger partial charge is 0.329 e. The Morgan fingerprint density at radius 1 is 1.13 bits per heavy atom. The van der Waals surface area contributed by atoms with Gasteiger partial charge in [0.25, 0.3) is 0 Å². The zero-order valence-corrected chi connectivity index (χ0v) is 17.7. The van der Waals surface area contributed by atoms with Gasteiger partial charge in [0.05, 0.1) is 11.0 Å². The van der Waals surface area contributed by atoms with Crippen LogP contribution in [0.15, 0.2) is 33.6 Å². The molecule has 1 aromatic carbocycles. The van der Waals surface area contributed by atoms with Crippen molar-refractivity contribution in [2.75, 3.05) is 0 Å². The molecule has 8 heteroatoms. The van der Waals surface area contributed by atoms with E-state index in [0.29, 0.717) is 24.8 Å². The van der Waals surface area contributed by atoms with Gasteiger partial charge in [-0.2, -0.15) is 4.98 Å². The number of benzene rings is 1. The minimum absolute atomic E-state index is 0.0629. The average molecular weight is 412 g/mol. The molecule has 8 nitrogen and oxygen atoms in total. The molecular weight excluding hydrogens is 382 g/mol. The van der Waals surface area contributed by atoms with E-state index in [9.17, 15) is 9.59 Å². The van der Waals surface area contributed by atoms with Crippen LogP contribution in [0.2, 0.25) is 0 Å². The van der Waals surface area contributed by atoms with Gasteiger partial charge in [0.2, 0.25) is 11.8 Å². The van der Waals surface area contributed by atoms with Crippen LogP contribution in [0.1, 0.15) is 63.6 Å². The Bertz CT molecular complexity index is 1090. The highest BCUT2D eigenvalue weighted by Crippen LogP contribution is 2.35. The van der Waals surface area contributed by atoms with E-state index in [1.54, 1.807) is 16.1 Å². The van der Waals surface area contributed by atoms with E-state index in [1.807, 2.05) is 24.3 Å². The molecule has 0 aliphatic heterocycles. The molecule has 160 valence electrons. The molecule has 0 radical (unpaired) electrons. The molecule has 1 N–H and O–H groups in total. The van der Waals surface area contributed by atoms with Gasteiger partial charge in [-0.05, 0) is 31.4 Å². The van der Waals surface area contributed by atoms with Crippen LogP contribution < -0.4 is 11.0 Å². The van der Waals surface area contributed by atoms with Gasteiger partial charge in [-0.1, -0.05) is 43.5 Å². The topological polar surface area (TPSA) is 95.0 Å². The van der Waals surface area contributed by atoms with Gasteiger partial charge in [0.15, 0.2) is 5.82 Å². The summed E-state index contributed by atoms with van der Waals surface area (Å²) in [7, 11) is 0. The molecule has 0 bridgehead atoms. The third kappa shape index (κ3) is 3.78. The first-order chi connectivity index (χ1) is 14.5. The van der Waals surface area contributed by atoms with Gasteiger partial charge in [0.1, 0.15) is 5.54 Å². The highest BCUT2D eigenvalue weighted by atomic mass is 16.5. The van der Waals surface area contributed by atoms with E-state index in [4.69, 9.17) is 4.52 Å². The van der Waals surface area contributed by atoms with Crippen molar-refractivity contribution in [3.05, 3.63) is 46.5 Å². The highest BCUT2D eigenvalue weighted by molar-refractivity contribution is 5.78. The fraction of sp³-hybridized carbons (Fsp3) is 0.545. The second kappa shape index (κ2) is 8.45. The summed E-state index contributed by atoms with van der Waals surface area (Å²) in [6.07, 6.45) is 5.86. The van der Waals surface area contributed by atoms with Crippen molar-refractivity contribution in [3.8, 4) is 0 Å². The molecule has 1 aliphatic rings. The SMILES string of the molecule is CCCn1c(=O)n(CCC(=O)NC2(c3noc(C)n3)CCCCC2)c2ccccc21. The van der Waals surface area contributed by atoms with Gasteiger partial charge in [-0.25, -0.2) is 4.79 Å². The number of aryl methyl sites for hydroxylation is 3.